The molecule has 30 heavy (non-hydrogen) atoms. The summed E-state index contributed by atoms with van der Waals surface area (Å²) in [4.78, 5) is 41.5. The third kappa shape index (κ3) is 4.74. The molecule has 158 valence electrons. The van der Waals surface area contributed by atoms with E-state index in [1.54, 1.807) is 12.1 Å². The number of anilines is 2. The maximum Gasteiger partial charge on any atom is 0.268 e. The summed E-state index contributed by atoms with van der Waals surface area (Å²) in [5.41, 5.74) is -1.22. The molecule has 0 radical (unpaired) electrons. The van der Waals surface area contributed by atoms with E-state index in [2.05, 4.69) is 15.6 Å². The van der Waals surface area contributed by atoms with Gasteiger partial charge in [-0.25, -0.2) is 9.37 Å². The Bertz CT molecular complexity index is 965. The molecule has 10 heteroatoms. The number of pyridine rings is 1. The number of carbonyl (C=O) groups excluding carboxylic acids is 3. The topological polar surface area (TPSA) is 112 Å². The van der Waals surface area contributed by atoms with Gasteiger partial charge < -0.3 is 20.6 Å². The number of halogens is 2. The number of amides is 3. The van der Waals surface area contributed by atoms with Gasteiger partial charge in [-0.1, -0.05) is 11.6 Å². The Labute approximate surface area is 177 Å². The summed E-state index contributed by atoms with van der Waals surface area (Å²) in [5.74, 6) is -2.02. The van der Waals surface area contributed by atoms with E-state index in [1.807, 2.05) is 0 Å². The molecule has 3 N–H and O–H groups in total. The summed E-state index contributed by atoms with van der Waals surface area (Å²) < 4.78 is 13.4. The Morgan fingerprint density at radius 3 is 2.73 bits per heavy atom. The van der Waals surface area contributed by atoms with Crippen molar-refractivity contribution in [2.24, 2.45) is 0 Å². The van der Waals surface area contributed by atoms with Gasteiger partial charge in [-0.05, 0) is 42.3 Å². The van der Waals surface area contributed by atoms with Crippen LogP contribution in [0.2, 0.25) is 5.02 Å². The summed E-state index contributed by atoms with van der Waals surface area (Å²) in [6.07, 6.45) is 1.57. The van der Waals surface area contributed by atoms with Gasteiger partial charge in [0, 0.05) is 31.5 Å². The van der Waals surface area contributed by atoms with E-state index in [4.69, 9.17) is 11.6 Å². The lowest BCUT2D eigenvalue weighted by Crippen LogP contribution is -2.52. The molecule has 1 aliphatic rings. The van der Waals surface area contributed by atoms with Crippen LogP contribution in [0.5, 0.6) is 0 Å². The maximum absolute atomic E-state index is 13.4. The highest BCUT2D eigenvalue weighted by atomic mass is 35.5. The van der Waals surface area contributed by atoms with Gasteiger partial charge in [0.2, 0.25) is 11.5 Å². The number of benzene rings is 1. The lowest BCUT2D eigenvalue weighted by atomic mass is 10.0. The highest BCUT2D eigenvalue weighted by molar-refractivity contribution is 6.30. The third-order valence-corrected chi connectivity index (χ3v) is 4.88. The predicted molar refractivity (Wildman–Crippen MR) is 109 cm³/mol. The molecule has 0 spiro atoms. The molecule has 8 nitrogen and oxygen atoms in total. The number of rotatable bonds is 6. The second-order valence-corrected chi connectivity index (χ2v) is 7.37. The quantitative estimate of drug-likeness (QED) is 0.599. The molecular weight excluding hydrogens is 415 g/mol. The van der Waals surface area contributed by atoms with Gasteiger partial charge >= 0.3 is 0 Å². The standard InChI is InChI=1S/C20H20ClFN4O4/c1-12(27)25-17-3-2-16(11-24-17)26-7-5-20(30,19(26)29)18(28)23-6-4-13-8-14(21)10-15(22)9-13/h2-3,8-11,30H,4-7H2,1H3,(H,23,28)(H,24,25,27). The first-order valence-electron chi connectivity index (χ1n) is 9.20. The smallest absolute Gasteiger partial charge is 0.268 e. The zero-order valence-corrected chi connectivity index (χ0v) is 16.9. The molecule has 1 aliphatic heterocycles. The van der Waals surface area contributed by atoms with Crippen LogP contribution >= 0.6 is 11.6 Å². The molecule has 3 amide bonds. The van der Waals surface area contributed by atoms with Crippen LogP contribution in [0.3, 0.4) is 0 Å². The second-order valence-electron chi connectivity index (χ2n) is 6.93. The molecule has 1 aromatic carbocycles. The Morgan fingerprint density at radius 1 is 1.33 bits per heavy atom. The normalized spacial score (nSPS) is 18.4. The Balaban J connectivity index is 1.61. The van der Waals surface area contributed by atoms with Crippen LogP contribution in [0, 0.1) is 5.82 Å². The molecule has 1 aromatic heterocycles. The minimum Gasteiger partial charge on any atom is -0.372 e. The van der Waals surface area contributed by atoms with E-state index in [9.17, 15) is 23.9 Å². The lowest BCUT2D eigenvalue weighted by Gasteiger charge is -2.21. The number of aliphatic hydroxyl groups is 1. The highest BCUT2D eigenvalue weighted by Gasteiger charge is 2.51. The summed E-state index contributed by atoms with van der Waals surface area (Å²) in [5, 5.41) is 15.9. The first-order valence-corrected chi connectivity index (χ1v) is 9.58. The Kier molecular flexibility index (Phi) is 6.33. The first kappa shape index (κ1) is 21.7. The lowest BCUT2D eigenvalue weighted by molar-refractivity contribution is -0.149. The predicted octanol–water partition coefficient (Wildman–Crippen LogP) is 1.66. The van der Waals surface area contributed by atoms with Crippen molar-refractivity contribution in [1.29, 1.82) is 0 Å². The van der Waals surface area contributed by atoms with Crippen LogP contribution in [-0.2, 0) is 20.8 Å². The van der Waals surface area contributed by atoms with Gasteiger partial charge in [0.25, 0.3) is 11.8 Å². The van der Waals surface area contributed by atoms with Gasteiger partial charge in [0.1, 0.15) is 11.6 Å². The average Bonchev–Trinajstić information content (AvgIpc) is 2.97. The van der Waals surface area contributed by atoms with Crippen LogP contribution in [-0.4, -0.2) is 46.5 Å². The van der Waals surface area contributed by atoms with Crippen LogP contribution in [0.1, 0.15) is 18.9 Å². The average molecular weight is 435 g/mol. The molecule has 0 bridgehead atoms. The molecule has 2 aromatic rings. The molecular formula is C20H20ClFN4O4. The minimum absolute atomic E-state index is 0.0864. The van der Waals surface area contributed by atoms with Gasteiger partial charge in [-0.15, -0.1) is 0 Å². The van der Waals surface area contributed by atoms with Crippen molar-refractivity contribution >= 4 is 40.8 Å². The van der Waals surface area contributed by atoms with Crippen molar-refractivity contribution in [3.05, 3.63) is 52.9 Å². The van der Waals surface area contributed by atoms with Crippen molar-refractivity contribution in [1.82, 2.24) is 10.3 Å². The van der Waals surface area contributed by atoms with E-state index >= 15 is 0 Å². The zero-order chi connectivity index (χ0) is 21.9. The second kappa shape index (κ2) is 8.76. The first-order chi connectivity index (χ1) is 14.2. The molecule has 1 saturated heterocycles. The van der Waals surface area contributed by atoms with Crippen LogP contribution in [0.4, 0.5) is 15.9 Å². The van der Waals surface area contributed by atoms with E-state index < -0.39 is 23.2 Å². The fourth-order valence-electron chi connectivity index (χ4n) is 3.18. The van der Waals surface area contributed by atoms with Crippen molar-refractivity contribution < 1.29 is 23.9 Å². The number of hydrogen-bond acceptors (Lipinski definition) is 5. The van der Waals surface area contributed by atoms with Crippen molar-refractivity contribution in [2.75, 3.05) is 23.3 Å². The SMILES string of the molecule is CC(=O)Nc1ccc(N2CCC(O)(C(=O)NCCc3cc(F)cc(Cl)c3)C2=O)cn1. The summed E-state index contributed by atoms with van der Waals surface area (Å²) in [6, 6.07) is 7.13. The fraction of sp³-hybridized carbons (Fsp3) is 0.300. The number of hydrogen-bond donors (Lipinski definition) is 3. The van der Waals surface area contributed by atoms with Crippen molar-refractivity contribution in [2.45, 2.75) is 25.4 Å². The summed E-state index contributed by atoms with van der Waals surface area (Å²) in [7, 11) is 0. The largest absolute Gasteiger partial charge is 0.372 e. The Hall–Kier alpha value is -3.04. The molecule has 2 heterocycles. The van der Waals surface area contributed by atoms with Crippen LogP contribution in [0.15, 0.2) is 36.5 Å². The van der Waals surface area contributed by atoms with E-state index in [1.165, 1.54) is 36.2 Å². The number of carbonyl (C=O) groups is 3. The zero-order valence-electron chi connectivity index (χ0n) is 16.1. The highest BCUT2D eigenvalue weighted by Crippen LogP contribution is 2.28. The minimum atomic E-state index is -2.20. The molecule has 0 aliphatic carbocycles. The van der Waals surface area contributed by atoms with E-state index in [0.717, 1.165) is 0 Å². The van der Waals surface area contributed by atoms with Crippen LogP contribution < -0.4 is 15.5 Å². The fourth-order valence-corrected chi connectivity index (χ4v) is 3.43. The summed E-state index contributed by atoms with van der Waals surface area (Å²) in [6.45, 7) is 1.58. The van der Waals surface area contributed by atoms with E-state index in [-0.39, 0.29) is 36.9 Å². The van der Waals surface area contributed by atoms with E-state index in [0.29, 0.717) is 17.1 Å². The molecule has 1 atom stereocenters. The van der Waals surface area contributed by atoms with Crippen LogP contribution in [0.25, 0.3) is 0 Å². The van der Waals surface area contributed by atoms with Crippen molar-refractivity contribution in [3.63, 3.8) is 0 Å². The molecule has 1 fully saturated rings. The van der Waals surface area contributed by atoms with Gasteiger partial charge in [0.05, 0.1) is 11.9 Å². The summed E-state index contributed by atoms with van der Waals surface area (Å²) >= 11 is 5.80. The van der Waals surface area contributed by atoms with Crippen molar-refractivity contribution in [3.8, 4) is 0 Å². The van der Waals surface area contributed by atoms with Gasteiger partial charge in [0.15, 0.2) is 0 Å². The number of nitrogens with one attached hydrogen (secondary N) is 2. The number of nitrogens with zero attached hydrogens (tertiary/aromatic N) is 2. The maximum atomic E-state index is 13.4. The molecule has 3 rings (SSSR count). The van der Waals surface area contributed by atoms with Gasteiger partial charge in [-0.3, -0.25) is 14.4 Å². The monoisotopic (exact) mass is 434 g/mol. The molecule has 1 unspecified atom stereocenters. The Morgan fingerprint density at radius 2 is 2.10 bits per heavy atom. The third-order valence-electron chi connectivity index (χ3n) is 4.66. The van der Waals surface area contributed by atoms with Gasteiger partial charge in [-0.2, -0.15) is 0 Å². The molecule has 0 saturated carbocycles. The number of aromatic nitrogens is 1.